The van der Waals surface area contributed by atoms with Gasteiger partial charge in [0.1, 0.15) is 5.75 Å². The minimum absolute atomic E-state index is 0.269. The summed E-state index contributed by atoms with van der Waals surface area (Å²) in [5.74, 6) is 0.654. The van der Waals surface area contributed by atoms with E-state index >= 15 is 0 Å². The number of alkyl halides is 2. The first-order valence-corrected chi connectivity index (χ1v) is 5.93. The van der Waals surface area contributed by atoms with Crippen LogP contribution in [0, 0.1) is 0 Å². The number of hydrogen-bond donors (Lipinski definition) is 1. The molecule has 0 aliphatic carbocycles. The van der Waals surface area contributed by atoms with Crippen molar-refractivity contribution in [3.8, 4) is 5.75 Å². The van der Waals surface area contributed by atoms with Crippen molar-refractivity contribution >= 4 is 10.8 Å². The summed E-state index contributed by atoms with van der Waals surface area (Å²) >= 11 is 0. The molecule has 0 atom stereocenters. The van der Waals surface area contributed by atoms with Crippen LogP contribution < -0.4 is 10.1 Å². The van der Waals surface area contributed by atoms with E-state index in [1.165, 1.54) is 0 Å². The van der Waals surface area contributed by atoms with Crippen molar-refractivity contribution in [3.63, 3.8) is 0 Å². The van der Waals surface area contributed by atoms with Gasteiger partial charge in [0.15, 0.2) is 0 Å². The van der Waals surface area contributed by atoms with Gasteiger partial charge in [-0.1, -0.05) is 30.3 Å². The van der Waals surface area contributed by atoms with E-state index in [0.717, 1.165) is 29.4 Å². The summed E-state index contributed by atoms with van der Waals surface area (Å²) < 4.78 is 29.5. The van der Waals surface area contributed by atoms with Gasteiger partial charge in [-0.2, -0.15) is 8.78 Å². The summed E-state index contributed by atoms with van der Waals surface area (Å²) in [7, 11) is 0. The number of hydrogen-bond acceptors (Lipinski definition) is 2. The quantitative estimate of drug-likeness (QED) is 0.902. The molecule has 0 radical (unpaired) electrons. The molecule has 1 aliphatic heterocycles. The molecule has 1 N–H and O–H groups in total. The fraction of sp³-hybridized carbons (Fsp3) is 0.286. The van der Waals surface area contributed by atoms with Crippen LogP contribution in [0.1, 0.15) is 11.5 Å². The van der Waals surface area contributed by atoms with E-state index in [9.17, 15) is 8.78 Å². The van der Waals surface area contributed by atoms with Gasteiger partial charge < -0.3 is 10.1 Å². The van der Waals surface area contributed by atoms with E-state index in [-0.39, 0.29) is 5.75 Å². The first-order chi connectivity index (χ1) is 8.75. The minimum atomic E-state index is -2.79. The molecule has 0 saturated carbocycles. The molecule has 0 spiro atoms. The Morgan fingerprint density at radius 1 is 1.11 bits per heavy atom. The highest BCUT2D eigenvalue weighted by Gasteiger charge is 2.22. The van der Waals surface area contributed by atoms with Crippen LogP contribution in [-0.2, 0) is 0 Å². The lowest BCUT2D eigenvalue weighted by atomic mass is 9.89. The summed E-state index contributed by atoms with van der Waals surface area (Å²) in [5, 5.41) is 4.95. The zero-order chi connectivity index (χ0) is 12.5. The SMILES string of the molecule is FC(F)Oc1cccc2cccc(C3CNC3)c12. The van der Waals surface area contributed by atoms with Crippen molar-refractivity contribution in [1.29, 1.82) is 0 Å². The smallest absolute Gasteiger partial charge is 0.387 e. The van der Waals surface area contributed by atoms with Crippen molar-refractivity contribution in [3.05, 3.63) is 42.0 Å². The molecule has 1 heterocycles. The lowest BCUT2D eigenvalue weighted by Crippen LogP contribution is -2.39. The molecule has 1 fully saturated rings. The van der Waals surface area contributed by atoms with Gasteiger partial charge in [0.05, 0.1) is 0 Å². The van der Waals surface area contributed by atoms with Crippen molar-refractivity contribution < 1.29 is 13.5 Å². The Hall–Kier alpha value is -1.68. The first kappa shape index (κ1) is 11.4. The Morgan fingerprint density at radius 2 is 1.83 bits per heavy atom. The number of benzene rings is 2. The highest BCUT2D eigenvalue weighted by atomic mass is 19.3. The molecule has 1 saturated heterocycles. The molecule has 2 aromatic rings. The highest BCUT2D eigenvalue weighted by Crippen LogP contribution is 2.35. The van der Waals surface area contributed by atoms with Gasteiger partial charge in [-0.05, 0) is 17.0 Å². The van der Waals surface area contributed by atoms with E-state index in [4.69, 9.17) is 0 Å². The van der Waals surface area contributed by atoms with Gasteiger partial charge in [-0.15, -0.1) is 0 Å². The normalized spacial score (nSPS) is 15.9. The number of nitrogens with one attached hydrogen (secondary N) is 1. The molecule has 0 aromatic heterocycles. The summed E-state index contributed by atoms with van der Waals surface area (Å²) in [6, 6.07) is 11.1. The predicted molar refractivity (Wildman–Crippen MR) is 66.2 cm³/mol. The van der Waals surface area contributed by atoms with E-state index in [1.54, 1.807) is 12.1 Å². The zero-order valence-corrected chi connectivity index (χ0v) is 9.70. The predicted octanol–water partition coefficient (Wildman–Crippen LogP) is 3.13. The number of ether oxygens (including phenoxy) is 1. The van der Waals surface area contributed by atoms with Crippen LogP contribution in [0.25, 0.3) is 10.8 Å². The molecule has 1 aliphatic rings. The standard InChI is InChI=1S/C14H13F2NO/c15-14(16)18-12-6-2-4-9-3-1-5-11(13(9)12)10-7-17-8-10/h1-6,10,14,17H,7-8H2. The number of rotatable bonds is 3. The van der Waals surface area contributed by atoms with Gasteiger partial charge in [0.2, 0.25) is 0 Å². The molecule has 2 aromatic carbocycles. The second-order valence-corrected chi connectivity index (χ2v) is 4.44. The lowest BCUT2D eigenvalue weighted by Gasteiger charge is -2.29. The third-order valence-electron chi connectivity index (χ3n) is 3.34. The maximum atomic E-state index is 12.4. The first-order valence-electron chi connectivity index (χ1n) is 5.93. The monoisotopic (exact) mass is 249 g/mol. The topological polar surface area (TPSA) is 21.3 Å². The molecule has 2 nitrogen and oxygen atoms in total. The van der Waals surface area contributed by atoms with Gasteiger partial charge in [-0.25, -0.2) is 0 Å². The van der Waals surface area contributed by atoms with Crippen LogP contribution in [0.5, 0.6) is 5.75 Å². The molecule has 0 unspecified atom stereocenters. The molecule has 94 valence electrons. The van der Waals surface area contributed by atoms with Gasteiger partial charge in [0.25, 0.3) is 0 Å². The molecular weight excluding hydrogens is 236 g/mol. The van der Waals surface area contributed by atoms with E-state index < -0.39 is 6.61 Å². The molecule has 0 amide bonds. The Morgan fingerprint density at radius 3 is 2.44 bits per heavy atom. The fourth-order valence-electron chi connectivity index (χ4n) is 2.38. The Kier molecular flexibility index (Phi) is 2.88. The van der Waals surface area contributed by atoms with Gasteiger partial charge in [-0.3, -0.25) is 0 Å². The van der Waals surface area contributed by atoms with E-state index in [1.807, 2.05) is 24.3 Å². The van der Waals surface area contributed by atoms with Crippen LogP contribution in [0.3, 0.4) is 0 Å². The van der Waals surface area contributed by atoms with Crippen LogP contribution in [0.15, 0.2) is 36.4 Å². The van der Waals surface area contributed by atoms with E-state index in [0.29, 0.717) is 5.92 Å². The van der Waals surface area contributed by atoms with Crippen molar-refractivity contribution in [2.45, 2.75) is 12.5 Å². The average molecular weight is 249 g/mol. The van der Waals surface area contributed by atoms with Crippen LogP contribution in [0.4, 0.5) is 8.78 Å². The molecular formula is C14H13F2NO. The molecule has 18 heavy (non-hydrogen) atoms. The Balaban J connectivity index is 2.16. The summed E-state index contributed by atoms with van der Waals surface area (Å²) in [6.45, 7) is -1.01. The summed E-state index contributed by atoms with van der Waals surface area (Å²) in [4.78, 5) is 0. The van der Waals surface area contributed by atoms with Gasteiger partial charge in [0, 0.05) is 24.4 Å². The maximum absolute atomic E-state index is 12.4. The third-order valence-corrected chi connectivity index (χ3v) is 3.34. The zero-order valence-electron chi connectivity index (χ0n) is 9.70. The van der Waals surface area contributed by atoms with Crippen molar-refractivity contribution in [2.75, 3.05) is 13.1 Å². The van der Waals surface area contributed by atoms with Crippen molar-refractivity contribution in [2.24, 2.45) is 0 Å². The fourth-order valence-corrected chi connectivity index (χ4v) is 2.38. The van der Waals surface area contributed by atoms with Crippen LogP contribution in [-0.4, -0.2) is 19.7 Å². The third kappa shape index (κ3) is 1.93. The molecule has 0 bridgehead atoms. The van der Waals surface area contributed by atoms with E-state index in [2.05, 4.69) is 10.1 Å². The summed E-state index contributed by atoms with van der Waals surface area (Å²) in [5.41, 5.74) is 1.09. The molecule has 4 heteroatoms. The summed E-state index contributed by atoms with van der Waals surface area (Å²) in [6.07, 6.45) is 0. The second-order valence-electron chi connectivity index (χ2n) is 4.44. The Bertz CT molecular complexity index is 561. The number of halogens is 2. The highest BCUT2D eigenvalue weighted by molar-refractivity contribution is 5.92. The number of fused-ring (bicyclic) bond motifs is 1. The van der Waals surface area contributed by atoms with Gasteiger partial charge >= 0.3 is 6.61 Å². The second kappa shape index (κ2) is 4.53. The average Bonchev–Trinajstić information content (AvgIpc) is 2.26. The van der Waals surface area contributed by atoms with Crippen LogP contribution >= 0.6 is 0 Å². The van der Waals surface area contributed by atoms with Crippen LogP contribution in [0.2, 0.25) is 0 Å². The largest absolute Gasteiger partial charge is 0.434 e. The minimum Gasteiger partial charge on any atom is -0.434 e. The molecule has 3 rings (SSSR count). The lowest BCUT2D eigenvalue weighted by molar-refractivity contribution is -0.0488. The van der Waals surface area contributed by atoms with Crippen molar-refractivity contribution in [1.82, 2.24) is 5.32 Å². The maximum Gasteiger partial charge on any atom is 0.387 e. The Labute approximate surface area is 104 Å².